The number of para-hydroxylation sites is 4. The summed E-state index contributed by atoms with van der Waals surface area (Å²) < 4.78 is 0. The zero-order chi connectivity index (χ0) is 34.4. The van der Waals surface area contributed by atoms with Crippen LogP contribution in [0.2, 0.25) is 0 Å². The van der Waals surface area contributed by atoms with E-state index in [2.05, 4.69) is 32.1 Å². The normalized spacial score (nSPS) is 10.6. The molecular weight excluding hydrogens is 684 g/mol. The number of rotatable bonds is 5. The SMILES string of the molecule is [O-]c1ccccc1C=Nc1ccc(-c2c3ccccc3nc3ccccc23)cc1N=Cc1ccccc1[O-].[Zn+2].c1ccncc1.c1ccncc1. The van der Waals surface area contributed by atoms with E-state index in [1.165, 1.54) is 12.1 Å². The Hall–Kier alpha value is -6.37. The van der Waals surface area contributed by atoms with Crippen molar-refractivity contribution in [3.63, 3.8) is 0 Å². The van der Waals surface area contributed by atoms with E-state index in [0.29, 0.717) is 22.5 Å². The van der Waals surface area contributed by atoms with Crippen molar-refractivity contribution < 1.29 is 29.7 Å². The maximum absolute atomic E-state index is 12.3. The number of fused-ring (bicyclic) bond motifs is 2. The van der Waals surface area contributed by atoms with E-state index < -0.39 is 0 Å². The monoisotopic (exact) mass is 713 g/mol. The van der Waals surface area contributed by atoms with Crippen molar-refractivity contribution >= 4 is 45.6 Å². The average Bonchev–Trinajstić information content (AvgIpc) is 3.18. The van der Waals surface area contributed by atoms with Crippen LogP contribution in [0.3, 0.4) is 0 Å². The molecule has 0 saturated heterocycles. The molecule has 8 rings (SSSR count). The van der Waals surface area contributed by atoms with Gasteiger partial charge < -0.3 is 10.2 Å². The van der Waals surface area contributed by atoms with Crippen molar-refractivity contribution in [2.24, 2.45) is 9.98 Å². The number of hydrogen-bond acceptors (Lipinski definition) is 7. The Morgan fingerprint density at radius 1 is 0.451 bits per heavy atom. The van der Waals surface area contributed by atoms with Crippen LogP contribution in [0, 0.1) is 0 Å². The first-order valence-electron chi connectivity index (χ1n) is 15.9. The topological polar surface area (TPSA) is 110 Å². The summed E-state index contributed by atoms with van der Waals surface area (Å²) in [6.07, 6.45) is 10.1. The van der Waals surface area contributed by atoms with E-state index in [4.69, 9.17) is 4.98 Å². The molecule has 0 atom stereocenters. The van der Waals surface area contributed by atoms with E-state index >= 15 is 0 Å². The van der Waals surface area contributed by atoms with E-state index in [1.54, 1.807) is 73.6 Å². The first-order valence-corrected chi connectivity index (χ1v) is 15.9. The Kier molecular flexibility index (Phi) is 13.0. The fraction of sp³-hybridized carbons (Fsp3) is 0. The molecule has 51 heavy (non-hydrogen) atoms. The minimum atomic E-state index is -0.108. The third kappa shape index (κ3) is 9.63. The average molecular weight is 715 g/mol. The molecule has 0 amide bonds. The van der Waals surface area contributed by atoms with Crippen molar-refractivity contribution in [3.8, 4) is 22.6 Å². The molecule has 242 valence electrons. The molecule has 0 unspecified atom stereocenters. The van der Waals surface area contributed by atoms with Crippen LogP contribution in [-0.4, -0.2) is 27.4 Å². The number of aliphatic imine (C=N–C) groups is 2. The molecule has 0 radical (unpaired) electrons. The minimum Gasteiger partial charge on any atom is -0.872 e. The summed E-state index contributed by atoms with van der Waals surface area (Å²) in [6.45, 7) is 0. The van der Waals surface area contributed by atoms with E-state index in [1.807, 2.05) is 91.0 Å². The first-order chi connectivity index (χ1) is 24.7. The maximum atomic E-state index is 12.3. The summed E-state index contributed by atoms with van der Waals surface area (Å²) in [5.41, 5.74) is 5.94. The van der Waals surface area contributed by atoms with E-state index in [9.17, 15) is 10.2 Å². The fourth-order valence-electron chi connectivity index (χ4n) is 5.12. The Morgan fingerprint density at radius 2 is 0.902 bits per heavy atom. The zero-order valence-corrected chi connectivity index (χ0v) is 30.6. The van der Waals surface area contributed by atoms with Gasteiger partial charge in [0.05, 0.1) is 22.4 Å². The van der Waals surface area contributed by atoms with Gasteiger partial charge in [-0.05, 0) is 65.2 Å². The Balaban J connectivity index is 0.000000328. The molecule has 0 aliphatic carbocycles. The predicted octanol–water partition coefficient (Wildman–Crippen LogP) is 8.86. The molecule has 3 heterocycles. The molecule has 0 spiro atoms. The van der Waals surface area contributed by atoms with Gasteiger partial charge in [-0.3, -0.25) is 20.0 Å². The molecular formula is C43H31N5O2Zn. The van der Waals surface area contributed by atoms with Gasteiger partial charge in [0.1, 0.15) is 0 Å². The summed E-state index contributed by atoms with van der Waals surface area (Å²) in [5, 5.41) is 26.6. The summed E-state index contributed by atoms with van der Waals surface area (Å²) in [5.74, 6) is -0.211. The van der Waals surface area contributed by atoms with Crippen LogP contribution < -0.4 is 10.2 Å². The molecule has 8 aromatic rings. The van der Waals surface area contributed by atoms with Gasteiger partial charge in [0.15, 0.2) is 0 Å². The second-order valence-electron chi connectivity index (χ2n) is 10.9. The van der Waals surface area contributed by atoms with Gasteiger partial charge in [-0.15, -0.1) is 11.5 Å². The minimum absolute atomic E-state index is 0. The van der Waals surface area contributed by atoms with Gasteiger partial charge in [0, 0.05) is 53.6 Å². The Morgan fingerprint density at radius 3 is 1.35 bits per heavy atom. The quantitative estimate of drug-likeness (QED) is 0.101. The van der Waals surface area contributed by atoms with Crippen molar-refractivity contribution in [2.45, 2.75) is 0 Å². The van der Waals surface area contributed by atoms with Crippen LogP contribution in [0.15, 0.2) is 186 Å². The van der Waals surface area contributed by atoms with Crippen LogP contribution in [-0.2, 0) is 19.5 Å². The standard InChI is InChI=1S/C33H23N3O2.2C5H5N.Zn/c37-31-15-7-1-9-23(31)20-34-29-18-17-22(19-30(29)35-21-24-10-2-8-16-32(24)38)33-25-11-3-5-13-27(25)36-28-14-6-4-12-26(28)33;2*1-2-4-6-5-3-1;/h1-21,37-38H;2*1-5H;/q;;;+2/p-2. The molecule has 0 N–H and O–H groups in total. The maximum Gasteiger partial charge on any atom is 2.00 e. The molecule has 0 aliphatic rings. The van der Waals surface area contributed by atoms with E-state index in [0.717, 1.165) is 32.9 Å². The first kappa shape index (κ1) is 35.9. The molecule has 0 fully saturated rings. The van der Waals surface area contributed by atoms with Crippen LogP contribution in [0.4, 0.5) is 11.4 Å². The summed E-state index contributed by atoms with van der Waals surface area (Å²) in [4.78, 5) is 21.7. The van der Waals surface area contributed by atoms with Crippen LogP contribution in [0.1, 0.15) is 11.1 Å². The third-order valence-corrected chi connectivity index (χ3v) is 7.51. The van der Waals surface area contributed by atoms with Crippen LogP contribution in [0.25, 0.3) is 32.9 Å². The molecule has 8 heteroatoms. The van der Waals surface area contributed by atoms with Gasteiger partial charge >= 0.3 is 19.5 Å². The zero-order valence-electron chi connectivity index (χ0n) is 27.7. The van der Waals surface area contributed by atoms with Gasteiger partial charge in [-0.25, -0.2) is 4.98 Å². The number of hydrogen-bond donors (Lipinski definition) is 0. The molecule has 0 bridgehead atoms. The second kappa shape index (κ2) is 18.4. The predicted molar refractivity (Wildman–Crippen MR) is 199 cm³/mol. The van der Waals surface area contributed by atoms with Crippen LogP contribution >= 0.6 is 0 Å². The van der Waals surface area contributed by atoms with Gasteiger partial charge in [-0.2, -0.15) is 0 Å². The van der Waals surface area contributed by atoms with Crippen molar-refractivity contribution in [2.75, 3.05) is 0 Å². The largest absolute Gasteiger partial charge is 2.00 e. The Labute approximate surface area is 309 Å². The van der Waals surface area contributed by atoms with E-state index in [-0.39, 0.29) is 31.0 Å². The van der Waals surface area contributed by atoms with Gasteiger partial charge in [0.2, 0.25) is 0 Å². The van der Waals surface area contributed by atoms with Gasteiger partial charge in [0.25, 0.3) is 0 Å². The van der Waals surface area contributed by atoms with Gasteiger partial charge in [-0.1, -0.05) is 103 Å². The number of aromatic nitrogens is 3. The number of nitrogens with zero attached hydrogens (tertiary/aromatic N) is 5. The van der Waals surface area contributed by atoms with Crippen molar-refractivity contribution in [1.82, 2.24) is 15.0 Å². The third-order valence-electron chi connectivity index (χ3n) is 7.51. The second-order valence-corrected chi connectivity index (χ2v) is 10.9. The fourth-order valence-corrected chi connectivity index (χ4v) is 5.12. The molecule has 0 aliphatic heterocycles. The number of pyridine rings is 3. The van der Waals surface area contributed by atoms with Crippen molar-refractivity contribution in [3.05, 3.63) is 188 Å². The summed E-state index contributed by atoms with van der Waals surface area (Å²) in [6, 6.07) is 46.9. The smallest absolute Gasteiger partial charge is 0.872 e. The Bertz CT molecular complexity index is 2230. The summed E-state index contributed by atoms with van der Waals surface area (Å²) >= 11 is 0. The van der Waals surface area contributed by atoms with Crippen LogP contribution in [0.5, 0.6) is 11.5 Å². The van der Waals surface area contributed by atoms with Crippen molar-refractivity contribution in [1.29, 1.82) is 0 Å². The number of benzene rings is 5. The molecule has 3 aromatic heterocycles. The summed E-state index contributed by atoms with van der Waals surface area (Å²) in [7, 11) is 0. The molecule has 0 saturated carbocycles. The molecule has 5 aromatic carbocycles. The molecule has 7 nitrogen and oxygen atoms in total.